The summed E-state index contributed by atoms with van der Waals surface area (Å²) >= 11 is 1.69. The molecule has 0 aliphatic carbocycles. The van der Waals surface area contributed by atoms with Crippen molar-refractivity contribution >= 4 is 26.8 Å². The molecule has 0 amide bonds. The molecule has 2 unspecified atom stereocenters. The minimum atomic E-state index is -2.89. The van der Waals surface area contributed by atoms with E-state index < -0.39 is 9.84 Å². The molecule has 1 aliphatic heterocycles. The quantitative estimate of drug-likeness (QED) is 0.831. The third-order valence-corrected chi connectivity index (χ3v) is 5.21. The third kappa shape index (κ3) is 4.74. The lowest BCUT2D eigenvalue weighted by Crippen LogP contribution is -2.38. The Morgan fingerprint density at radius 1 is 1.50 bits per heavy atom. The molecule has 0 bridgehead atoms. The molecule has 0 spiro atoms. The first-order chi connectivity index (χ1) is 7.43. The van der Waals surface area contributed by atoms with E-state index in [0.717, 1.165) is 11.6 Å². The minimum Gasteiger partial charge on any atom is -0.362 e. The summed E-state index contributed by atoms with van der Waals surface area (Å²) in [6.45, 7) is 6.32. The van der Waals surface area contributed by atoms with Crippen LogP contribution in [-0.4, -0.2) is 42.9 Å². The zero-order chi connectivity index (χ0) is 12.2. The molecule has 6 heteroatoms. The molecule has 1 heterocycles. The van der Waals surface area contributed by atoms with Gasteiger partial charge in [-0.15, -0.1) is 0 Å². The van der Waals surface area contributed by atoms with Gasteiger partial charge in [-0.05, 0) is 13.3 Å². The van der Waals surface area contributed by atoms with E-state index in [-0.39, 0.29) is 11.5 Å². The molecule has 16 heavy (non-hydrogen) atoms. The molecule has 1 fully saturated rings. The summed E-state index contributed by atoms with van der Waals surface area (Å²) in [5.41, 5.74) is 0. The van der Waals surface area contributed by atoms with Gasteiger partial charge in [-0.2, -0.15) is 0 Å². The van der Waals surface area contributed by atoms with Gasteiger partial charge in [0.15, 0.2) is 15.0 Å². The topological polar surface area (TPSA) is 58.5 Å². The number of thioether (sulfide) groups is 1. The molecule has 4 nitrogen and oxygen atoms in total. The lowest BCUT2D eigenvalue weighted by Gasteiger charge is -2.26. The van der Waals surface area contributed by atoms with Gasteiger partial charge in [0.05, 0.1) is 12.3 Å². The molecule has 1 saturated heterocycles. The number of rotatable bonds is 4. The van der Waals surface area contributed by atoms with E-state index in [1.165, 1.54) is 0 Å². The van der Waals surface area contributed by atoms with Gasteiger partial charge in [0.1, 0.15) is 0 Å². The molecule has 1 aliphatic rings. The largest absolute Gasteiger partial charge is 0.362 e. The van der Waals surface area contributed by atoms with Crippen LogP contribution in [0.5, 0.6) is 0 Å². The van der Waals surface area contributed by atoms with Crippen LogP contribution >= 0.6 is 11.8 Å². The second-order valence-electron chi connectivity index (χ2n) is 4.13. The fourth-order valence-corrected chi connectivity index (χ4v) is 3.41. The van der Waals surface area contributed by atoms with Gasteiger partial charge in [0, 0.05) is 17.0 Å². The molecular weight excluding hydrogens is 244 g/mol. The van der Waals surface area contributed by atoms with Gasteiger partial charge in [-0.1, -0.05) is 25.6 Å². The summed E-state index contributed by atoms with van der Waals surface area (Å²) in [6.07, 6.45) is 1.12. The van der Waals surface area contributed by atoms with Gasteiger partial charge in [-0.3, -0.25) is 4.99 Å². The van der Waals surface area contributed by atoms with Crippen LogP contribution in [0.15, 0.2) is 4.99 Å². The number of nitrogens with zero attached hydrogens (tertiary/aromatic N) is 1. The van der Waals surface area contributed by atoms with E-state index in [0.29, 0.717) is 17.8 Å². The van der Waals surface area contributed by atoms with Gasteiger partial charge in [0.2, 0.25) is 0 Å². The summed E-state index contributed by atoms with van der Waals surface area (Å²) < 4.78 is 22.5. The Labute approximate surface area is 102 Å². The van der Waals surface area contributed by atoms with Crippen molar-refractivity contribution in [3.8, 4) is 0 Å². The van der Waals surface area contributed by atoms with E-state index in [1.54, 1.807) is 18.7 Å². The Morgan fingerprint density at radius 3 is 2.75 bits per heavy atom. The van der Waals surface area contributed by atoms with Crippen LogP contribution in [-0.2, 0) is 9.84 Å². The number of hydrogen-bond acceptors (Lipinski definition) is 4. The van der Waals surface area contributed by atoms with Gasteiger partial charge < -0.3 is 5.32 Å². The number of sulfone groups is 1. The second kappa shape index (κ2) is 5.91. The highest BCUT2D eigenvalue weighted by Gasteiger charge is 2.19. The van der Waals surface area contributed by atoms with Crippen LogP contribution in [0.3, 0.4) is 0 Å². The van der Waals surface area contributed by atoms with Crippen LogP contribution in [0, 0.1) is 0 Å². The molecular formula is C10H20N2O2S2. The minimum absolute atomic E-state index is 0.151. The zero-order valence-corrected chi connectivity index (χ0v) is 11.7. The van der Waals surface area contributed by atoms with Crippen molar-refractivity contribution in [2.45, 2.75) is 38.5 Å². The average Bonchev–Trinajstić information content (AvgIpc) is 2.16. The lowest BCUT2D eigenvalue weighted by molar-refractivity contribution is 0.595. The van der Waals surface area contributed by atoms with Crippen molar-refractivity contribution in [2.24, 2.45) is 4.99 Å². The highest BCUT2D eigenvalue weighted by Crippen LogP contribution is 2.22. The van der Waals surface area contributed by atoms with Gasteiger partial charge in [0.25, 0.3) is 0 Å². The molecule has 0 saturated carbocycles. The van der Waals surface area contributed by atoms with Crippen molar-refractivity contribution < 1.29 is 8.42 Å². The van der Waals surface area contributed by atoms with E-state index in [1.807, 2.05) is 0 Å². The predicted octanol–water partition coefficient (Wildman–Crippen LogP) is 1.28. The molecule has 2 atom stereocenters. The van der Waals surface area contributed by atoms with Crippen molar-refractivity contribution in [1.29, 1.82) is 0 Å². The molecule has 0 radical (unpaired) electrons. The maximum atomic E-state index is 11.3. The molecule has 0 aromatic heterocycles. The van der Waals surface area contributed by atoms with Crippen LogP contribution in [0.1, 0.15) is 27.2 Å². The van der Waals surface area contributed by atoms with Crippen molar-refractivity contribution in [2.75, 3.05) is 18.1 Å². The summed E-state index contributed by atoms with van der Waals surface area (Å²) in [5.74, 6) is 0.350. The Balaban J connectivity index is 2.45. The Hall–Kier alpha value is -0.230. The fraction of sp³-hybridized carbons (Fsp3) is 0.900. The van der Waals surface area contributed by atoms with E-state index in [4.69, 9.17) is 0 Å². The van der Waals surface area contributed by atoms with E-state index in [9.17, 15) is 8.42 Å². The molecule has 0 aromatic carbocycles. The van der Waals surface area contributed by atoms with E-state index in [2.05, 4.69) is 24.2 Å². The van der Waals surface area contributed by atoms with Gasteiger partial charge >= 0.3 is 0 Å². The number of nitrogens with one attached hydrogen (secondary N) is 1. The number of amidine groups is 1. The number of aliphatic imine (C=N–C) groups is 1. The second-order valence-corrected chi connectivity index (χ2v) is 8.03. The maximum absolute atomic E-state index is 11.3. The zero-order valence-electron chi connectivity index (χ0n) is 10.1. The average molecular weight is 264 g/mol. The van der Waals surface area contributed by atoms with Crippen LogP contribution in [0.25, 0.3) is 0 Å². The molecule has 1 N–H and O–H groups in total. The van der Waals surface area contributed by atoms with Crippen LogP contribution < -0.4 is 5.32 Å². The highest BCUT2D eigenvalue weighted by molar-refractivity contribution is 8.14. The highest BCUT2D eigenvalue weighted by atomic mass is 32.2. The smallest absolute Gasteiger partial charge is 0.157 e. The standard InChI is InChI=1S/C10H20N2O2S2/c1-4-16(13,14)6-5-11-10-12-8(2)7-9(3)15-10/h8-9H,4-7H2,1-3H3,(H,11,12). The maximum Gasteiger partial charge on any atom is 0.157 e. The van der Waals surface area contributed by atoms with Crippen LogP contribution in [0.4, 0.5) is 0 Å². The van der Waals surface area contributed by atoms with Crippen molar-refractivity contribution in [3.05, 3.63) is 0 Å². The van der Waals surface area contributed by atoms with Crippen LogP contribution in [0.2, 0.25) is 0 Å². The summed E-state index contributed by atoms with van der Waals surface area (Å²) in [5, 5.41) is 4.71. The molecule has 94 valence electrons. The Morgan fingerprint density at radius 2 is 2.19 bits per heavy atom. The Bertz CT molecular complexity index is 340. The normalized spacial score (nSPS) is 29.1. The summed E-state index contributed by atoms with van der Waals surface area (Å²) in [6, 6.07) is 0.429. The SMILES string of the molecule is CCS(=O)(=O)CCN=C1NC(C)CC(C)S1. The van der Waals surface area contributed by atoms with Gasteiger partial charge in [-0.25, -0.2) is 8.42 Å². The van der Waals surface area contributed by atoms with Crippen molar-refractivity contribution in [3.63, 3.8) is 0 Å². The first kappa shape index (κ1) is 13.8. The predicted molar refractivity (Wildman–Crippen MR) is 70.9 cm³/mol. The lowest BCUT2D eigenvalue weighted by atomic mass is 10.2. The first-order valence-corrected chi connectivity index (χ1v) is 8.31. The fourth-order valence-electron chi connectivity index (χ4n) is 1.55. The third-order valence-electron chi connectivity index (χ3n) is 2.47. The Kier molecular flexibility index (Phi) is 5.11. The summed E-state index contributed by atoms with van der Waals surface area (Å²) in [7, 11) is -2.89. The first-order valence-electron chi connectivity index (χ1n) is 5.61. The monoisotopic (exact) mass is 264 g/mol. The van der Waals surface area contributed by atoms with E-state index >= 15 is 0 Å². The number of hydrogen-bond donors (Lipinski definition) is 1. The van der Waals surface area contributed by atoms with Crippen molar-refractivity contribution in [1.82, 2.24) is 5.32 Å². The molecule has 0 aromatic rings. The molecule has 1 rings (SSSR count). The summed E-state index contributed by atoms with van der Waals surface area (Å²) in [4.78, 5) is 4.31.